The van der Waals surface area contributed by atoms with E-state index in [2.05, 4.69) is 22.6 Å². The Kier molecular flexibility index (Phi) is 6.72. The van der Waals surface area contributed by atoms with E-state index < -0.39 is 5.97 Å². The van der Waals surface area contributed by atoms with Crippen LogP contribution in [0, 0.1) is 0 Å². The third-order valence-electron chi connectivity index (χ3n) is 4.72. The van der Waals surface area contributed by atoms with Gasteiger partial charge in [0.05, 0.1) is 13.2 Å². The molecule has 0 aromatic heterocycles. The Morgan fingerprint density at radius 1 is 1.30 bits per heavy atom. The summed E-state index contributed by atoms with van der Waals surface area (Å²) < 4.78 is 15.9. The van der Waals surface area contributed by atoms with Gasteiger partial charge in [-0.05, 0) is 48.7 Å². The first-order valence-electron chi connectivity index (χ1n) is 8.95. The van der Waals surface area contributed by atoms with Crippen molar-refractivity contribution in [1.29, 1.82) is 0 Å². The first kappa shape index (κ1) is 19.7. The predicted octanol–water partition coefficient (Wildman–Crippen LogP) is 3.85. The molecule has 2 unspecified atom stereocenters. The van der Waals surface area contributed by atoms with Gasteiger partial charge in [-0.1, -0.05) is 35.9 Å². The number of rotatable bonds is 7. The number of carbonyl (C=O) groups is 1. The summed E-state index contributed by atoms with van der Waals surface area (Å²) in [6.07, 6.45) is 0.961. The van der Waals surface area contributed by atoms with Gasteiger partial charge in [-0.15, -0.1) is 0 Å². The third kappa shape index (κ3) is 5.45. The maximum absolute atomic E-state index is 11.1. The molecule has 0 aliphatic carbocycles. The molecule has 0 bridgehead atoms. The Labute approximate surface area is 164 Å². The molecular weight excluding hydrogens is 366 g/mol. The van der Waals surface area contributed by atoms with E-state index in [4.69, 9.17) is 21.1 Å². The first-order chi connectivity index (χ1) is 13.0. The van der Waals surface area contributed by atoms with E-state index in [-0.39, 0.29) is 12.7 Å². The zero-order valence-corrected chi connectivity index (χ0v) is 16.3. The molecule has 144 valence electrons. The first-order valence-corrected chi connectivity index (χ1v) is 9.32. The molecule has 0 amide bonds. The molecule has 0 N–H and O–H groups in total. The highest BCUT2D eigenvalue weighted by molar-refractivity contribution is 6.30. The van der Waals surface area contributed by atoms with Crippen LogP contribution in [-0.2, 0) is 20.7 Å². The molecule has 0 saturated carbocycles. The van der Waals surface area contributed by atoms with Gasteiger partial charge in [-0.3, -0.25) is 4.90 Å². The number of benzene rings is 2. The van der Waals surface area contributed by atoms with Crippen LogP contribution in [0.25, 0.3) is 0 Å². The summed E-state index contributed by atoms with van der Waals surface area (Å²) in [5.74, 6) is 0.262. The number of methoxy groups -OCH3 is 1. The lowest BCUT2D eigenvalue weighted by Gasteiger charge is -2.22. The van der Waals surface area contributed by atoms with E-state index in [9.17, 15) is 4.79 Å². The Morgan fingerprint density at radius 3 is 2.78 bits per heavy atom. The molecular formula is C21H24ClNO4. The van der Waals surface area contributed by atoms with Crippen molar-refractivity contribution in [3.63, 3.8) is 0 Å². The van der Waals surface area contributed by atoms with E-state index >= 15 is 0 Å². The van der Waals surface area contributed by atoms with Crippen LogP contribution in [0.2, 0.25) is 5.02 Å². The lowest BCUT2D eigenvalue weighted by atomic mass is 10.0. The highest BCUT2D eigenvalue weighted by Gasteiger charge is 2.28. The molecule has 0 radical (unpaired) electrons. The van der Waals surface area contributed by atoms with Crippen molar-refractivity contribution in [2.24, 2.45) is 0 Å². The van der Waals surface area contributed by atoms with Crippen LogP contribution in [0.4, 0.5) is 0 Å². The van der Waals surface area contributed by atoms with Crippen LogP contribution in [0.1, 0.15) is 24.2 Å². The summed E-state index contributed by atoms with van der Waals surface area (Å²) in [5, 5.41) is 0.733. The van der Waals surface area contributed by atoms with Gasteiger partial charge < -0.3 is 14.2 Å². The maximum atomic E-state index is 11.1. The van der Waals surface area contributed by atoms with Crippen LogP contribution >= 0.6 is 11.6 Å². The average molecular weight is 390 g/mol. The molecule has 2 atom stereocenters. The monoisotopic (exact) mass is 389 g/mol. The van der Waals surface area contributed by atoms with Crippen molar-refractivity contribution >= 4 is 17.6 Å². The second-order valence-corrected chi connectivity index (χ2v) is 7.11. The number of nitrogens with zero attached hydrogens (tertiary/aromatic N) is 1. The van der Waals surface area contributed by atoms with Crippen molar-refractivity contribution < 1.29 is 19.0 Å². The fourth-order valence-electron chi connectivity index (χ4n) is 3.11. The minimum atomic E-state index is -0.393. The second-order valence-electron chi connectivity index (χ2n) is 6.67. The van der Waals surface area contributed by atoms with E-state index in [1.165, 1.54) is 12.7 Å². The molecule has 2 aromatic rings. The van der Waals surface area contributed by atoms with Crippen LogP contribution in [0.5, 0.6) is 5.75 Å². The van der Waals surface area contributed by atoms with Gasteiger partial charge in [0, 0.05) is 17.6 Å². The number of esters is 1. The Bertz CT molecular complexity index is 765. The van der Waals surface area contributed by atoms with Crippen molar-refractivity contribution in [3.8, 4) is 5.75 Å². The standard InChI is InChI=1S/C21H24ClNO4/c1-15(10-16-6-8-19(9-7-16)26-13-21(24)25-2)23-12-20(27-14-23)17-4-3-5-18(22)11-17/h3-9,11,15,20H,10,12-14H2,1-2H3. The van der Waals surface area contributed by atoms with Gasteiger partial charge in [0.25, 0.3) is 0 Å². The van der Waals surface area contributed by atoms with Gasteiger partial charge in [-0.2, -0.15) is 0 Å². The minimum Gasteiger partial charge on any atom is -0.482 e. The highest BCUT2D eigenvalue weighted by Crippen LogP contribution is 2.28. The fraction of sp³-hybridized carbons (Fsp3) is 0.381. The lowest BCUT2D eigenvalue weighted by Crippen LogP contribution is -2.32. The summed E-state index contributed by atoms with van der Waals surface area (Å²) in [5.41, 5.74) is 2.32. The van der Waals surface area contributed by atoms with Crippen molar-refractivity contribution in [1.82, 2.24) is 4.90 Å². The molecule has 6 heteroatoms. The molecule has 1 saturated heterocycles. The van der Waals surface area contributed by atoms with Crippen molar-refractivity contribution in [2.75, 3.05) is 27.0 Å². The maximum Gasteiger partial charge on any atom is 0.343 e. The SMILES string of the molecule is COC(=O)COc1ccc(CC(C)N2COC(c3cccc(Cl)c3)C2)cc1. The van der Waals surface area contributed by atoms with Crippen LogP contribution < -0.4 is 4.74 Å². The molecule has 3 rings (SSSR count). The molecule has 1 aliphatic rings. The summed E-state index contributed by atoms with van der Waals surface area (Å²) in [4.78, 5) is 13.4. The van der Waals surface area contributed by atoms with Gasteiger partial charge in [-0.25, -0.2) is 4.79 Å². The third-order valence-corrected chi connectivity index (χ3v) is 4.96. The molecule has 1 fully saturated rings. The van der Waals surface area contributed by atoms with Gasteiger partial charge in [0.1, 0.15) is 12.5 Å². The summed E-state index contributed by atoms with van der Waals surface area (Å²) in [6, 6.07) is 16.0. The quantitative estimate of drug-likeness (QED) is 0.673. The Morgan fingerprint density at radius 2 is 2.07 bits per heavy atom. The van der Waals surface area contributed by atoms with E-state index in [1.807, 2.05) is 42.5 Å². The number of hydrogen-bond donors (Lipinski definition) is 0. The Balaban J connectivity index is 1.51. The average Bonchev–Trinajstić information content (AvgIpc) is 3.17. The topological polar surface area (TPSA) is 48.0 Å². The van der Waals surface area contributed by atoms with Gasteiger partial charge in [0.15, 0.2) is 6.61 Å². The molecule has 5 nitrogen and oxygen atoms in total. The number of hydrogen-bond acceptors (Lipinski definition) is 5. The Hall–Kier alpha value is -2.08. The van der Waals surface area contributed by atoms with Crippen LogP contribution in [0.15, 0.2) is 48.5 Å². The zero-order chi connectivity index (χ0) is 19.2. The van der Waals surface area contributed by atoms with E-state index in [0.29, 0.717) is 18.5 Å². The number of ether oxygens (including phenoxy) is 3. The minimum absolute atomic E-state index is 0.0558. The molecule has 1 heterocycles. The molecule has 2 aromatic carbocycles. The summed E-state index contributed by atoms with van der Waals surface area (Å²) in [6.45, 7) is 3.58. The molecule has 1 aliphatic heterocycles. The van der Waals surface area contributed by atoms with E-state index in [1.54, 1.807) is 0 Å². The summed E-state index contributed by atoms with van der Waals surface area (Å²) >= 11 is 6.09. The van der Waals surface area contributed by atoms with Crippen LogP contribution in [0.3, 0.4) is 0 Å². The van der Waals surface area contributed by atoms with Crippen molar-refractivity contribution in [2.45, 2.75) is 25.5 Å². The fourth-order valence-corrected chi connectivity index (χ4v) is 3.31. The zero-order valence-electron chi connectivity index (χ0n) is 15.6. The van der Waals surface area contributed by atoms with Gasteiger partial charge in [0.2, 0.25) is 0 Å². The lowest BCUT2D eigenvalue weighted by molar-refractivity contribution is -0.142. The smallest absolute Gasteiger partial charge is 0.343 e. The van der Waals surface area contributed by atoms with Gasteiger partial charge >= 0.3 is 5.97 Å². The second kappa shape index (κ2) is 9.22. The largest absolute Gasteiger partial charge is 0.482 e. The van der Waals surface area contributed by atoms with Crippen molar-refractivity contribution in [3.05, 3.63) is 64.7 Å². The molecule has 0 spiro atoms. The highest BCUT2D eigenvalue weighted by atomic mass is 35.5. The number of carbonyl (C=O) groups excluding carboxylic acids is 1. The molecule has 27 heavy (non-hydrogen) atoms. The van der Waals surface area contributed by atoms with Crippen LogP contribution in [-0.4, -0.2) is 43.9 Å². The number of halogens is 1. The predicted molar refractivity (Wildman–Crippen MR) is 104 cm³/mol. The summed E-state index contributed by atoms with van der Waals surface area (Å²) in [7, 11) is 1.34. The van der Waals surface area contributed by atoms with E-state index in [0.717, 1.165) is 23.6 Å². The normalized spacial score (nSPS) is 18.3.